The number of aryl methyl sites for hydroxylation is 1. The van der Waals surface area contributed by atoms with Crippen LogP contribution < -0.4 is 20.4 Å². The molecule has 0 radical (unpaired) electrons. The zero-order chi connectivity index (χ0) is 41.8. The lowest BCUT2D eigenvalue weighted by Crippen LogP contribution is -2.51. The largest absolute Gasteiger partial charge is 0.497 e. The molecule has 9 rings (SSSR count). The number of hydrogen-bond acceptors (Lipinski definition) is 7. The summed E-state index contributed by atoms with van der Waals surface area (Å²) in [5.74, 6) is 0.211. The first-order valence-electron chi connectivity index (χ1n) is 20.3. The molecule has 1 spiro atoms. The van der Waals surface area contributed by atoms with E-state index in [4.69, 9.17) is 9.47 Å². The lowest BCUT2D eigenvalue weighted by Gasteiger charge is -2.37. The third kappa shape index (κ3) is 6.73. The third-order valence-corrected chi connectivity index (χ3v) is 17.7. The number of aromatic amines is 1. The SMILES string of the molecule is COc1ccc([Si](C)(C)[C@@H]2[C@@H](CCn3cc(C(CO)c4ccccc4)nn3)O[C@]3(C(=O)N(Cc4cccc(-n5[nH]c6ccccc6c5=O)c4)c4ccc(Br)cc43)[C@H]2C)cc1. The van der Waals surface area contributed by atoms with Gasteiger partial charge in [0.1, 0.15) is 5.75 Å². The van der Waals surface area contributed by atoms with E-state index >= 15 is 4.79 Å². The molecule has 0 saturated carbocycles. The highest BCUT2D eigenvalue weighted by Gasteiger charge is 2.66. The Kier molecular flexibility index (Phi) is 10.5. The molecule has 13 heteroatoms. The number of aliphatic hydroxyl groups excluding tert-OH is 1. The molecular weight excluding hydrogens is 837 g/mol. The fourth-order valence-electron chi connectivity index (χ4n) is 9.83. The van der Waals surface area contributed by atoms with Crippen LogP contribution in [0.2, 0.25) is 18.6 Å². The Morgan fingerprint density at radius 2 is 1.72 bits per heavy atom. The highest BCUT2D eigenvalue weighted by molar-refractivity contribution is 9.10. The van der Waals surface area contributed by atoms with E-state index in [0.717, 1.165) is 38.1 Å². The Hall–Kier alpha value is -5.60. The number of rotatable bonds is 12. The maximum Gasteiger partial charge on any atom is 0.279 e. The molecule has 7 aromatic rings. The fraction of sp³-hybridized carbons (Fsp3) is 0.277. The van der Waals surface area contributed by atoms with E-state index < -0.39 is 13.7 Å². The van der Waals surface area contributed by atoms with E-state index in [1.165, 1.54) is 5.19 Å². The van der Waals surface area contributed by atoms with E-state index in [2.05, 4.69) is 63.5 Å². The van der Waals surface area contributed by atoms with E-state index in [0.29, 0.717) is 29.7 Å². The second-order valence-corrected chi connectivity index (χ2v) is 22.1. The van der Waals surface area contributed by atoms with Crippen LogP contribution in [0.25, 0.3) is 16.6 Å². The summed E-state index contributed by atoms with van der Waals surface area (Å²) >= 11 is 3.74. The van der Waals surface area contributed by atoms with Crippen molar-refractivity contribution in [1.82, 2.24) is 24.8 Å². The van der Waals surface area contributed by atoms with Crippen molar-refractivity contribution in [3.8, 4) is 11.4 Å². The molecule has 1 fully saturated rings. The molecule has 2 aromatic heterocycles. The first kappa shape index (κ1) is 39.8. The Morgan fingerprint density at radius 1 is 0.950 bits per heavy atom. The van der Waals surface area contributed by atoms with Gasteiger partial charge in [-0.15, -0.1) is 5.10 Å². The second-order valence-electron chi connectivity index (χ2n) is 16.5. The lowest BCUT2D eigenvalue weighted by atomic mass is 9.82. The van der Waals surface area contributed by atoms with Crippen LogP contribution in [-0.2, 0) is 28.2 Å². The minimum absolute atomic E-state index is 0.0244. The molecular formula is C47H47BrN6O5Si. The first-order valence-corrected chi connectivity index (χ1v) is 24.2. The molecule has 11 nitrogen and oxygen atoms in total. The van der Waals surface area contributed by atoms with Gasteiger partial charge in [-0.2, -0.15) is 0 Å². The van der Waals surface area contributed by atoms with Crippen LogP contribution in [0.3, 0.4) is 0 Å². The van der Waals surface area contributed by atoms with Crippen molar-refractivity contribution in [3.63, 3.8) is 0 Å². The summed E-state index contributed by atoms with van der Waals surface area (Å²) in [5, 5.41) is 24.4. The average molecular weight is 884 g/mol. The molecule has 0 aliphatic carbocycles. The van der Waals surface area contributed by atoms with Gasteiger partial charge in [0.05, 0.1) is 68.3 Å². The Bertz CT molecular complexity index is 2750. The molecule has 2 aliphatic heterocycles. The number of benzene rings is 5. The van der Waals surface area contributed by atoms with Crippen molar-refractivity contribution >= 4 is 51.7 Å². The third-order valence-electron chi connectivity index (χ3n) is 12.8. The molecule has 5 aromatic carbocycles. The van der Waals surface area contributed by atoms with Gasteiger partial charge in [0.15, 0.2) is 5.60 Å². The molecule has 4 heterocycles. The monoisotopic (exact) mass is 882 g/mol. The summed E-state index contributed by atoms with van der Waals surface area (Å²) in [6, 6.07) is 39.5. The van der Waals surface area contributed by atoms with Crippen molar-refractivity contribution < 1.29 is 19.4 Å². The van der Waals surface area contributed by atoms with Crippen molar-refractivity contribution in [2.75, 3.05) is 18.6 Å². The van der Waals surface area contributed by atoms with Gasteiger partial charge >= 0.3 is 0 Å². The predicted octanol–water partition coefficient (Wildman–Crippen LogP) is 7.66. The number of nitrogens with one attached hydrogen (secondary N) is 1. The highest BCUT2D eigenvalue weighted by Crippen LogP contribution is 2.60. The molecule has 2 N–H and O–H groups in total. The lowest BCUT2D eigenvalue weighted by molar-refractivity contribution is -0.146. The number of hydrogen-bond donors (Lipinski definition) is 2. The van der Waals surface area contributed by atoms with Crippen LogP contribution in [0.4, 0.5) is 5.69 Å². The molecule has 5 atom stereocenters. The topological polar surface area (TPSA) is 127 Å². The van der Waals surface area contributed by atoms with Crippen molar-refractivity contribution in [2.24, 2.45) is 5.92 Å². The number of carbonyl (C=O) groups excluding carboxylic acids is 1. The van der Waals surface area contributed by atoms with Gasteiger partial charge in [-0.1, -0.05) is 113 Å². The number of nitrogens with zero attached hydrogens (tertiary/aromatic N) is 5. The van der Waals surface area contributed by atoms with Crippen LogP contribution in [0.1, 0.15) is 41.6 Å². The summed E-state index contributed by atoms with van der Waals surface area (Å²) in [5.41, 5.74) is 4.30. The predicted molar refractivity (Wildman–Crippen MR) is 239 cm³/mol. The minimum atomic E-state index is -2.40. The van der Waals surface area contributed by atoms with Gasteiger partial charge in [-0.3, -0.25) is 19.4 Å². The van der Waals surface area contributed by atoms with Gasteiger partial charge in [0, 0.05) is 28.7 Å². The Balaban J connectivity index is 1.07. The van der Waals surface area contributed by atoms with Crippen LogP contribution >= 0.6 is 15.9 Å². The number of aliphatic hydroxyl groups is 1. The Morgan fingerprint density at radius 3 is 2.47 bits per heavy atom. The standard InChI is InChI=1S/C47H47BrN6O5Si/c1-30-44(60(3,4)36-20-18-35(58-2)19-21-36)43(23-24-52-28-41(49-51-52)38(29-55)32-12-6-5-7-13-32)59-47(30)39-26-33(48)17-22-42(39)53(46(47)57)27-31-11-10-14-34(25-31)54-45(56)37-15-8-9-16-40(37)50-54/h5-22,25-26,28,30,38,43-44,50,55H,23-24,27,29H2,1-4H3/t30-,38?,43+,44-,47+/m0/s1. The van der Waals surface area contributed by atoms with Gasteiger partial charge in [0.2, 0.25) is 0 Å². The summed E-state index contributed by atoms with van der Waals surface area (Å²) in [6.45, 7) is 7.66. The summed E-state index contributed by atoms with van der Waals surface area (Å²) < 4.78 is 17.2. The van der Waals surface area contributed by atoms with Gasteiger partial charge in [-0.25, -0.2) is 4.68 Å². The highest BCUT2D eigenvalue weighted by atomic mass is 79.9. The van der Waals surface area contributed by atoms with Crippen molar-refractivity contribution in [3.05, 3.63) is 165 Å². The first-order chi connectivity index (χ1) is 29.0. The number of halogens is 1. The fourth-order valence-corrected chi connectivity index (χ4v) is 14.2. The van der Waals surface area contributed by atoms with E-state index in [9.17, 15) is 9.90 Å². The molecule has 1 saturated heterocycles. The van der Waals surface area contributed by atoms with E-state index in [-0.39, 0.29) is 48.1 Å². The number of para-hydroxylation sites is 1. The van der Waals surface area contributed by atoms with Crippen molar-refractivity contribution in [1.29, 1.82) is 0 Å². The van der Waals surface area contributed by atoms with Crippen LogP contribution in [-0.4, -0.2) is 63.7 Å². The van der Waals surface area contributed by atoms with Gasteiger partial charge in [-0.05, 0) is 77.7 Å². The van der Waals surface area contributed by atoms with Gasteiger partial charge < -0.3 is 19.5 Å². The zero-order valence-corrected chi connectivity index (χ0v) is 36.5. The van der Waals surface area contributed by atoms with Crippen LogP contribution in [0, 0.1) is 5.92 Å². The summed E-state index contributed by atoms with van der Waals surface area (Å²) in [4.78, 5) is 30.7. The molecule has 2 aliphatic rings. The molecule has 0 bridgehead atoms. The smallest absolute Gasteiger partial charge is 0.279 e. The molecule has 60 heavy (non-hydrogen) atoms. The van der Waals surface area contributed by atoms with Crippen LogP contribution in [0.15, 0.2) is 137 Å². The number of anilines is 1. The van der Waals surface area contributed by atoms with E-state index in [1.807, 2.05) is 125 Å². The van der Waals surface area contributed by atoms with Gasteiger partial charge in [0.25, 0.3) is 11.5 Å². The molecule has 1 amide bonds. The number of methoxy groups -OCH3 is 1. The van der Waals surface area contributed by atoms with Crippen molar-refractivity contribution in [2.45, 2.75) is 62.7 Å². The average Bonchev–Trinajstić information content (AvgIpc) is 4.01. The summed E-state index contributed by atoms with van der Waals surface area (Å²) in [7, 11) is -0.731. The Labute approximate surface area is 357 Å². The maximum atomic E-state index is 15.5. The molecule has 1 unspecified atom stereocenters. The number of fused-ring (bicyclic) bond motifs is 3. The minimum Gasteiger partial charge on any atom is -0.497 e. The second kappa shape index (κ2) is 15.8. The summed E-state index contributed by atoms with van der Waals surface area (Å²) in [6.07, 6.45) is 2.21. The van der Waals surface area contributed by atoms with Crippen LogP contribution in [0.5, 0.6) is 5.75 Å². The number of aromatic nitrogens is 5. The van der Waals surface area contributed by atoms with E-state index in [1.54, 1.807) is 11.8 Å². The zero-order valence-electron chi connectivity index (χ0n) is 34.0. The number of carbonyl (C=O) groups is 1. The number of ether oxygens (including phenoxy) is 2. The maximum absolute atomic E-state index is 15.5. The molecule has 306 valence electrons. The normalized spacial score (nSPS) is 20.6. The number of amides is 1. The number of H-pyrrole nitrogens is 1. The quantitative estimate of drug-likeness (QED) is 0.121.